The summed E-state index contributed by atoms with van der Waals surface area (Å²) in [5.41, 5.74) is 0.922. The van der Waals surface area contributed by atoms with Gasteiger partial charge in [0.25, 0.3) is 0 Å². The Morgan fingerprint density at radius 1 is 1.09 bits per heavy atom. The average molecular weight is 305 g/mol. The van der Waals surface area contributed by atoms with Crippen LogP contribution in [0.4, 0.5) is 0 Å². The maximum Gasteiger partial charge on any atom is 0.311 e. The predicted molar refractivity (Wildman–Crippen MR) is 92.2 cm³/mol. The van der Waals surface area contributed by atoms with E-state index in [0.29, 0.717) is 0 Å². The fourth-order valence-electron chi connectivity index (χ4n) is 3.06. The molecule has 1 N–H and O–H groups in total. The average Bonchev–Trinajstić information content (AvgIpc) is 2.51. The van der Waals surface area contributed by atoms with Crippen LogP contribution in [0.3, 0.4) is 0 Å². The number of carboxylic acid groups (broad SMARTS) is 1. The van der Waals surface area contributed by atoms with Crippen LogP contribution in [0.25, 0.3) is 0 Å². The Balaban J connectivity index is 2.39. The van der Waals surface area contributed by atoms with Gasteiger partial charge in [0.15, 0.2) is 0 Å². The molecule has 124 valence electrons. The number of hydrogen-bond donors (Lipinski definition) is 1. The maximum absolute atomic E-state index is 11.6. The van der Waals surface area contributed by atoms with Crippen LogP contribution in [-0.2, 0) is 4.79 Å². The SMILES string of the molecule is CCN(CC)CCCCCC(C)C(C(=O)O)c1ccccc1. The van der Waals surface area contributed by atoms with Crippen molar-refractivity contribution in [2.45, 2.75) is 52.4 Å². The fraction of sp³-hybridized carbons (Fsp3) is 0.632. The molecule has 0 aromatic heterocycles. The largest absolute Gasteiger partial charge is 0.481 e. The van der Waals surface area contributed by atoms with Crippen molar-refractivity contribution >= 4 is 5.97 Å². The zero-order valence-corrected chi connectivity index (χ0v) is 14.3. The Hall–Kier alpha value is -1.35. The van der Waals surface area contributed by atoms with Crippen LogP contribution in [0.2, 0.25) is 0 Å². The first-order valence-corrected chi connectivity index (χ1v) is 8.60. The normalized spacial score (nSPS) is 14.0. The molecular formula is C19H31NO2. The highest BCUT2D eigenvalue weighted by Crippen LogP contribution is 2.28. The molecule has 2 atom stereocenters. The van der Waals surface area contributed by atoms with Crippen molar-refractivity contribution in [3.05, 3.63) is 35.9 Å². The van der Waals surface area contributed by atoms with Gasteiger partial charge >= 0.3 is 5.97 Å². The minimum Gasteiger partial charge on any atom is -0.481 e. The van der Waals surface area contributed by atoms with Gasteiger partial charge in [-0.25, -0.2) is 0 Å². The first-order chi connectivity index (χ1) is 10.6. The van der Waals surface area contributed by atoms with E-state index in [1.54, 1.807) is 0 Å². The van der Waals surface area contributed by atoms with Crippen molar-refractivity contribution < 1.29 is 9.90 Å². The Morgan fingerprint density at radius 3 is 2.27 bits per heavy atom. The second kappa shape index (κ2) is 10.4. The standard InChI is InChI=1S/C19H31NO2/c1-4-20(5-2)15-11-7-8-12-16(3)18(19(21)22)17-13-9-6-10-14-17/h6,9-10,13-14,16,18H,4-5,7-8,11-12,15H2,1-3H3,(H,21,22). The highest BCUT2D eigenvalue weighted by atomic mass is 16.4. The van der Waals surface area contributed by atoms with Gasteiger partial charge in [-0.15, -0.1) is 0 Å². The third-order valence-corrected chi connectivity index (χ3v) is 4.52. The molecule has 1 aromatic carbocycles. The number of unbranched alkanes of at least 4 members (excludes halogenated alkanes) is 2. The molecule has 0 aliphatic heterocycles. The van der Waals surface area contributed by atoms with Crippen LogP contribution in [0, 0.1) is 5.92 Å². The van der Waals surface area contributed by atoms with Crippen LogP contribution in [-0.4, -0.2) is 35.6 Å². The first-order valence-electron chi connectivity index (χ1n) is 8.60. The van der Waals surface area contributed by atoms with Gasteiger partial charge in [-0.05, 0) is 44.0 Å². The smallest absolute Gasteiger partial charge is 0.311 e. The van der Waals surface area contributed by atoms with Crippen molar-refractivity contribution in [2.75, 3.05) is 19.6 Å². The minimum atomic E-state index is -0.707. The predicted octanol–water partition coefficient (Wildman–Crippen LogP) is 4.39. The van der Waals surface area contributed by atoms with Crippen molar-refractivity contribution in [1.82, 2.24) is 4.90 Å². The zero-order chi connectivity index (χ0) is 16.4. The number of carboxylic acids is 1. The summed E-state index contributed by atoms with van der Waals surface area (Å²) in [7, 11) is 0. The van der Waals surface area contributed by atoms with Gasteiger partial charge in [-0.1, -0.05) is 63.9 Å². The van der Waals surface area contributed by atoms with Crippen LogP contribution in [0.5, 0.6) is 0 Å². The Bertz CT molecular complexity index is 415. The van der Waals surface area contributed by atoms with E-state index in [0.717, 1.165) is 38.0 Å². The summed E-state index contributed by atoms with van der Waals surface area (Å²) in [6.45, 7) is 9.84. The molecule has 0 spiro atoms. The molecular weight excluding hydrogens is 274 g/mol. The first kappa shape index (κ1) is 18.7. The lowest BCUT2D eigenvalue weighted by molar-refractivity contribution is -0.140. The lowest BCUT2D eigenvalue weighted by Crippen LogP contribution is -2.24. The van der Waals surface area contributed by atoms with Crippen LogP contribution in [0.1, 0.15) is 57.9 Å². The third-order valence-electron chi connectivity index (χ3n) is 4.52. The van der Waals surface area contributed by atoms with Crippen molar-refractivity contribution in [3.63, 3.8) is 0 Å². The highest BCUT2D eigenvalue weighted by Gasteiger charge is 2.25. The maximum atomic E-state index is 11.6. The lowest BCUT2D eigenvalue weighted by atomic mass is 9.84. The minimum absolute atomic E-state index is 0.174. The van der Waals surface area contributed by atoms with Gasteiger partial charge < -0.3 is 10.0 Å². The second-order valence-electron chi connectivity index (χ2n) is 6.08. The topological polar surface area (TPSA) is 40.5 Å². The molecule has 1 aromatic rings. The molecule has 22 heavy (non-hydrogen) atoms. The summed E-state index contributed by atoms with van der Waals surface area (Å²) in [5, 5.41) is 9.53. The van der Waals surface area contributed by atoms with Gasteiger partial charge in [-0.3, -0.25) is 4.79 Å². The molecule has 0 amide bonds. The molecule has 2 unspecified atom stereocenters. The molecule has 1 rings (SSSR count). The van der Waals surface area contributed by atoms with Crippen molar-refractivity contribution in [3.8, 4) is 0 Å². The summed E-state index contributed by atoms with van der Waals surface area (Å²) in [4.78, 5) is 14.0. The van der Waals surface area contributed by atoms with Gasteiger partial charge in [0.05, 0.1) is 5.92 Å². The van der Waals surface area contributed by atoms with E-state index in [-0.39, 0.29) is 11.8 Å². The molecule has 0 aliphatic rings. The quantitative estimate of drug-likeness (QED) is 0.616. The molecule has 3 nitrogen and oxygen atoms in total. The molecule has 0 saturated heterocycles. The fourth-order valence-corrected chi connectivity index (χ4v) is 3.06. The van der Waals surface area contributed by atoms with Crippen LogP contribution in [0.15, 0.2) is 30.3 Å². The molecule has 0 saturated carbocycles. The zero-order valence-electron chi connectivity index (χ0n) is 14.3. The number of hydrogen-bond acceptors (Lipinski definition) is 2. The van der Waals surface area contributed by atoms with E-state index < -0.39 is 5.97 Å². The molecule has 0 aliphatic carbocycles. The van der Waals surface area contributed by atoms with E-state index in [2.05, 4.69) is 25.7 Å². The number of benzene rings is 1. The Kier molecular flexibility index (Phi) is 8.83. The summed E-state index contributed by atoms with van der Waals surface area (Å²) in [6, 6.07) is 9.62. The summed E-state index contributed by atoms with van der Waals surface area (Å²) < 4.78 is 0. The summed E-state index contributed by atoms with van der Waals surface area (Å²) in [5.74, 6) is -0.917. The molecule has 0 heterocycles. The van der Waals surface area contributed by atoms with E-state index in [1.165, 1.54) is 12.8 Å². The van der Waals surface area contributed by atoms with Gasteiger partial charge in [0.2, 0.25) is 0 Å². The molecule has 3 heteroatoms. The van der Waals surface area contributed by atoms with Crippen molar-refractivity contribution in [2.24, 2.45) is 5.92 Å². The van der Waals surface area contributed by atoms with Gasteiger partial charge in [0.1, 0.15) is 0 Å². The number of carbonyl (C=O) groups is 1. The summed E-state index contributed by atoms with van der Waals surface area (Å²) in [6.07, 6.45) is 4.47. The number of aliphatic carboxylic acids is 1. The van der Waals surface area contributed by atoms with E-state index in [4.69, 9.17) is 0 Å². The van der Waals surface area contributed by atoms with Crippen LogP contribution < -0.4 is 0 Å². The monoisotopic (exact) mass is 305 g/mol. The summed E-state index contributed by atoms with van der Waals surface area (Å²) >= 11 is 0. The Morgan fingerprint density at radius 2 is 1.73 bits per heavy atom. The lowest BCUT2D eigenvalue weighted by Gasteiger charge is -2.21. The molecule has 0 fully saturated rings. The molecule has 0 bridgehead atoms. The van der Waals surface area contributed by atoms with Gasteiger partial charge in [-0.2, -0.15) is 0 Å². The van der Waals surface area contributed by atoms with E-state index in [9.17, 15) is 9.90 Å². The Labute approximate surface area is 135 Å². The van der Waals surface area contributed by atoms with Gasteiger partial charge in [0, 0.05) is 0 Å². The van der Waals surface area contributed by atoms with E-state index >= 15 is 0 Å². The third kappa shape index (κ3) is 6.18. The second-order valence-corrected chi connectivity index (χ2v) is 6.08. The van der Waals surface area contributed by atoms with E-state index in [1.807, 2.05) is 30.3 Å². The molecule has 0 radical (unpaired) electrons. The number of rotatable bonds is 11. The van der Waals surface area contributed by atoms with Crippen LogP contribution >= 0.6 is 0 Å². The highest BCUT2D eigenvalue weighted by molar-refractivity contribution is 5.76. The van der Waals surface area contributed by atoms with Crippen molar-refractivity contribution in [1.29, 1.82) is 0 Å². The number of nitrogens with zero attached hydrogens (tertiary/aromatic N) is 1.